The number of hydrogen-bond donors (Lipinski definition) is 1. The molecule has 2 rings (SSSR count). The van der Waals surface area contributed by atoms with Gasteiger partial charge >= 0.3 is 0 Å². The Morgan fingerprint density at radius 1 is 1.35 bits per heavy atom. The van der Waals surface area contributed by atoms with Crippen LogP contribution in [-0.4, -0.2) is 29.9 Å². The fourth-order valence-electron chi connectivity index (χ4n) is 2.75. The summed E-state index contributed by atoms with van der Waals surface area (Å²) in [6.45, 7) is 3.59. The highest BCUT2D eigenvalue weighted by Crippen LogP contribution is 2.18. The van der Waals surface area contributed by atoms with E-state index in [1.165, 1.54) is 11.1 Å². The van der Waals surface area contributed by atoms with Gasteiger partial charge < -0.3 is 10.6 Å². The van der Waals surface area contributed by atoms with Gasteiger partial charge in [-0.05, 0) is 38.2 Å². The summed E-state index contributed by atoms with van der Waals surface area (Å²) in [7, 11) is 0. The first-order valence-corrected chi connectivity index (χ1v) is 7.26. The number of carbonyl (C=O) groups is 1. The molecule has 1 amide bonds. The fourth-order valence-corrected chi connectivity index (χ4v) is 2.75. The molecule has 4 heteroatoms. The molecule has 1 aliphatic heterocycles. The summed E-state index contributed by atoms with van der Waals surface area (Å²) in [5.74, 6) is 0.278. The van der Waals surface area contributed by atoms with Crippen molar-refractivity contribution in [3.8, 4) is 0 Å². The molecule has 112 valence electrons. The van der Waals surface area contributed by atoms with Gasteiger partial charge in [0.05, 0.1) is 0 Å². The molecule has 0 spiro atoms. The van der Waals surface area contributed by atoms with Gasteiger partial charge in [-0.2, -0.15) is 0 Å². The number of nitrogens with zero attached hydrogens (tertiary/aromatic N) is 1. The van der Waals surface area contributed by atoms with Crippen LogP contribution in [0.2, 0.25) is 0 Å². The monoisotopic (exact) mass is 296 g/mol. The Hall–Kier alpha value is -1.06. The molecule has 1 aromatic carbocycles. The smallest absolute Gasteiger partial charge is 0.222 e. The van der Waals surface area contributed by atoms with Crippen LogP contribution < -0.4 is 5.73 Å². The number of nitrogens with two attached hydrogens (primary N) is 1. The lowest BCUT2D eigenvalue weighted by Crippen LogP contribution is -2.39. The van der Waals surface area contributed by atoms with Crippen molar-refractivity contribution in [2.75, 3.05) is 13.1 Å². The fraction of sp³-hybridized carbons (Fsp3) is 0.562. The molecule has 1 aliphatic rings. The molecule has 20 heavy (non-hydrogen) atoms. The van der Waals surface area contributed by atoms with Crippen LogP contribution >= 0.6 is 12.4 Å². The minimum Gasteiger partial charge on any atom is -0.338 e. The standard InChI is InChI=1S/C16H24N2O.ClH/c1-13-7-9-14(10-8-13)4-2-6-16(19)18-11-3-5-15(18)12-17;/h7-10,15H,2-6,11-12,17H2,1H3;1H. The second kappa shape index (κ2) is 8.28. The number of amides is 1. The Bertz CT molecular complexity index is 419. The maximum atomic E-state index is 12.1. The van der Waals surface area contributed by atoms with Crippen molar-refractivity contribution < 1.29 is 4.79 Å². The van der Waals surface area contributed by atoms with Gasteiger partial charge in [0.15, 0.2) is 0 Å². The molecule has 0 bridgehead atoms. The third-order valence-electron chi connectivity index (χ3n) is 3.95. The zero-order valence-electron chi connectivity index (χ0n) is 12.2. The molecule has 1 heterocycles. The Morgan fingerprint density at radius 2 is 2.05 bits per heavy atom. The number of carbonyl (C=O) groups excluding carboxylic acids is 1. The van der Waals surface area contributed by atoms with Crippen molar-refractivity contribution >= 4 is 18.3 Å². The molecule has 1 saturated heterocycles. The van der Waals surface area contributed by atoms with Gasteiger partial charge in [-0.3, -0.25) is 4.79 Å². The lowest BCUT2D eigenvalue weighted by atomic mass is 10.1. The van der Waals surface area contributed by atoms with Gasteiger partial charge in [-0.1, -0.05) is 29.8 Å². The Labute approximate surface area is 127 Å². The van der Waals surface area contributed by atoms with Crippen molar-refractivity contribution in [2.45, 2.75) is 45.1 Å². The molecular weight excluding hydrogens is 272 g/mol. The minimum atomic E-state index is 0. The number of hydrogen-bond acceptors (Lipinski definition) is 2. The third-order valence-corrected chi connectivity index (χ3v) is 3.95. The molecule has 3 nitrogen and oxygen atoms in total. The SMILES string of the molecule is Cc1ccc(CCCC(=O)N2CCCC2CN)cc1.Cl. The summed E-state index contributed by atoms with van der Waals surface area (Å²) in [6, 6.07) is 8.84. The number of benzene rings is 1. The van der Waals surface area contributed by atoms with Crippen molar-refractivity contribution in [2.24, 2.45) is 5.73 Å². The van der Waals surface area contributed by atoms with E-state index in [1.54, 1.807) is 0 Å². The third kappa shape index (κ3) is 4.50. The maximum absolute atomic E-state index is 12.1. The highest BCUT2D eigenvalue weighted by atomic mass is 35.5. The molecule has 0 aromatic heterocycles. The van der Waals surface area contributed by atoms with E-state index < -0.39 is 0 Å². The molecule has 0 saturated carbocycles. The van der Waals surface area contributed by atoms with E-state index in [9.17, 15) is 4.79 Å². The lowest BCUT2D eigenvalue weighted by molar-refractivity contribution is -0.131. The van der Waals surface area contributed by atoms with Crippen molar-refractivity contribution in [1.29, 1.82) is 0 Å². The number of halogens is 1. The van der Waals surface area contributed by atoms with E-state index in [1.807, 2.05) is 4.90 Å². The van der Waals surface area contributed by atoms with Crippen molar-refractivity contribution in [3.63, 3.8) is 0 Å². The average Bonchev–Trinajstić information content (AvgIpc) is 2.89. The topological polar surface area (TPSA) is 46.3 Å². The van der Waals surface area contributed by atoms with E-state index in [2.05, 4.69) is 31.2 Å². The van der Waals surface area contributed by atoms with Crippen LogP contribution in [0.25, 0.3) is 0 Å². The van der Waals surface area contributed by atoms with Crippen LogP contribution in [0.5, 0.6) is 0 Å². The predicted octanol–water partition coefficient (Wildman–Crippen LogP) is 2.69. The number of rotatable bonds is 5. The second-order valence-corrected chi connectivity index (χ2v) is 5.46. The molecule has 2 N–H and O–H groups in total. The summed E-state index contributed by atoms with van der Waals surface area (Å²) < 4.78 is 0. The quantitative estimate of drug-likeness (QED) is 0.908. The summed E-state index contributed by atoms with van der Waals surface area (Å²) >= 11 is 0. The number of aryl methyl sites for hydroxylation is 2. The van der Waals surface area contributed by atoms with Crippen LogP contribution in [-0.2, 0) is 11.2 Å². The Morgan fingerprint density at radius 3 is 2.70 bits per heavy atom. The Balaban J connectivity index is 0.00000200. The van der Waals surface area contributed by atoms with Gasteiger partial charge in [0.25, 0.3) is 0 Å². The zero-order chi connectivity index (χ0) is 13.7. The van der Waals surface area contributed by atoms with E-state index >= 15 is 0 Å². The minimum absolute atomic E-state index is 0. The molecule has 0 radical (unpaired) electrons. The van der Waals surface area contributed by atoms with E-state index in [0.29, 0.717) is 13.0 Å². The molecular formula is C16H25ClN2O. The first-order valence-electron chi connectivity index (χ1n) is 7.26. The largest absolute Gasteiger partial charge is 0.338 e. The van der Waals surface area contributed by atoms with Gasteiger partial charge in [-0.25, -0.2) is 0 Å². The van der Waals surface area contributed by atoms with Gasteiger partial charge in [0.1, 0.15) is 0 Å². The summed E-state index contributed by atoms with van der Waals surface area (Å²) in [6.07, 6.45) is 4.72. The van der Waals surface area contributed by atoms with Crippen LogP contribution in [0.4, 0.5) is 0 Å². The molecule has 1 unspecified atom stereocenters. The normalized spacial score (nSPS) is 17.9. The molecule has 1 fully saturated rings. The van der Waals surface area contributed by atoms with Crippen LogP contribution in [0, 0.1) is 6.92 Å². The van der Waals surface area contributed by atoms with E-state index in [-0.39, 0.29) is 24.4 Å². The molecule has 0 aliphatic carbocycles. The highest BCUT2D eigenvalue weighted by molar-refractivity contribution is 5.85. The van der Waals surface area contributed by atoms with Crippen LogP contribution in [0.1, 0.15) is 36.8 Å². The lowest BCUT2D eigenvalue weighted by Gasteiger charge is -2.23. The van der Waals surface area contributed by atoms with Crippen LogP contribution in [0.15, 0.2) is 24.3 Å². The average molecular weight is 297 g/mol. The van der Waals surface area contributed by atoms with Crippen molar-refractivity contribution in [1.82, 2.24) is 4.90 Å². The highest BCUT2D eigenvalue weighted by Gasteiger charge is 2.26. The van der Waals surface area contributed by atoms with Gasteiger partial charge in [0, 0.05) is 25.6 Å². The van der Waals surface area contributed by atoms with Crippen molar-refractivity contribution in [3.05, 3.63) is 35.4 Å². The molecule has 1 aromatic rings. The summed E-state index contributed by atoms with van der Waals surface area (Å²) in [4.78, 5) is 14.1. The molecule has 1 atom stereocenters. The van der Waals surface area contributed by atoms with E-state index in [4.69, 9.17) is 5.73 Å². The predicted molar refractivity (Wildman–Crippen MR) is 85.2 cm³/mol. The van der Waals surface area contributed by atoms with Crippen LogP contribution in [0.3, 0.4) is 0 Å². The summed E-state index contributed by atoms with van der Waals surface area (Å²) in [5.41, 5.74) is 8.30. The maximum Gasteiger partial charge on any atom is 0.222 e. The second-order valence-electron chi connectivity index (χ2n) is 5.46. The van der Waals surface area contributed by atoms with E-state index in [0.717, 1.165) is 32.2 Å². The van der Waals surface area contributed by atoms with Gasteiger partial charge in [-0.15, -0.1) is 12.4 Å². The first-order chi connectivity index (χ1) is 9.20. The first kappa shape index (κ1) is 17.0. The summed E-state index contributed by atoms with van der Waals surface area (Å²) in [5, 5.41) is 0. The zero-order valence-corrected chi connectivity index (χ0v) is 13.0. The Kier molecular flexibility index (Phi) is 7.03. The van der Waals surface area contributed by atoms with Gasteiger partial charge in [0.2, 0.25) is 5.91 Å². The number of likely N-dealkylation sites (tertiary alicyclic amines) is 1.